The first kappa shape index (κ1) is 5.48. The van der Waals surface area contributed by atoms with E-state index >= 15 is 0 Å². The Bertz CT molecular complexity index is 94.7. The van der Waals surface area contributed by atoms with Crippen LogP contribution in [-0.2, 0) is 0 Å². The van der Waals surface area contributed by atoms with E-state index in [2.05, 4.69) is 17.2 Å². The van der Waals surface area contributed by atoms with Gasteiger partial charge in [-0.05, 0) is 12.8 Å². The van der Waals surface area contributed by atoms with Crippen LogP contribution in [-0.4, -0.2) is 13.1 Å². The fraction of sp³-hybridized carbons (Fsp3) is 0.667. The molecule has 2 nitrogen and oxygen atoms in total. The van der Waals surface area contributed by atoms with Gasteiger partial charge >= 0.3 is 0 Å². The molecule has 46 valence electrons. The van der Waals surface area contributed by atoms with Gasteiger partial charge in [0.1, 0.15) is 0 Å². The minimum Gasteiger partial charge on any atom is -0.375 e. The highest BCUT2D eigenvalue weighted by Crippen LogP contribution is 2.18. The minimum atomic E-state index is 0.718. The molecule has 2 N–H and O–H groups in total. The predicted octanol–water partition coefficient (Wildman–Crippen LogP) is 0.429. The second-order valence-corrected chi connectivity index (χ2v) is 2.15. The first-order valence-corrected chi connectivity index (χ1v) is 2.96. The summed E-state index contributed by atoms with van der Waals surface area (Å²) < 4.78 is 0. The fourth-order valence-corrected chi connectivity index (χ4v) is 0.546. The Kier molecular flexibility index (Phi) is 1.42. The molecule has 1 fully saturated rings. The molecule has 0 heterocycles. The molecule has 1 aliphatic carbocycles. The lowest BCUT2D eigenvalue weighted by Crippen LogP contribution is -2.23. The van der Waals surface area contributed by atoms with Crippen LogP contribution in [0.1, 0.15) is 12.8 Å². The molecule has 0 aromatic heterocycles. The third-order valence-electron chi connectivity index (χ3n) is 1.26. The second kappa shape index (κ2) is 2.07. The van der Waals surface area contributed by atoms with E-state index in [1.165, 1.54) is 12.8 Å². The van der Waals surface area contributed by atoms with E-state index in [-0.39, 0.29) is 0 Å². The molecule has 0 aromatic rings. The van der Waals surface area contributed by atoms with Crippen LogP contribution in [0.15, 0.2) is 12.4 Å². The Labute approximate surface area is 50.0 Å². The standard InChI is InChI=1S/C6H12N2/c1-5(7-2)8-6-3-4-6/h6-8H,1,3-4H2,2H3. The zero-order valence-electron chi connectivity index (χ0n) is 5.20. The van der Waals surface area contributed by atoms with Gasteiger partial charge in [0.15, 0.2) is 0 Å². The molecule has 0 amide bonds. The molecule has 0 radical (unpaired) electrons. The minimum absolute atomic E-state index is 0.718. The molecule has 0 aromatic carbocycles. The van der Waals surface area contributed by atoms with Crippen LogP contribution < -0.4 is 10.6 Å². The quantitative estimate of drug-likeness (QED) is 0.553. The zero-order valence-corrected chi connectivity index (χ0v) is 5.20. The molecule has 0 unspecified atom stereocenters. The number of hydrogen-bond donors (Lipinski definition) is 2. The molecule has 1 rings (SSSR count). The van der Waals surface area contributed by atoms with Crippen molar-refractivity contribution in [3.05, 3.63) is 12.4 Å². The van der Waals surface area contributed by atoms with Gasteiger partial charge in [0.2, 0.25) is 0 Å². The van der Waals surface area contributed by atoms with Gasteiger partial charge in [-0.3, -0.25) is 0 Å². The SMILES string of the molecule is C=C(NC)NC1CC1. The van der Waals surface area contributed by atoms with Gasteiger partial charge in [-0.25, -0.2) is 0 Å². The van der Waals surface area contributed by atoms with E-state index in [0.717, 1.165) is 11.9 Å². The fourth-order valence-electron chi connectivity index (χ4n) is 0.546. The predicted molar refractivity (Wildman–Crippen MR) is 34.4 cm³/mol. The molecule has 1 saturated carbocycles. The molecule has 0 aliphatic heterocycles. The van der Waals surface area contributed by atoms with Gasteiger partial charge in [-0.2, -0.15) is 0 Å². The molecule has 0 spiro atoms. The van der Waals surface area contributed by atoms with E-state index in [1.54, 1.807) is 0 Å². The molecular weight excluding hydrogens is 100 g/mol. The lowest BCUT2D eigenvalue weighted by Gasteiger charge is -2.04. The summed E-state index contributed by atoms with van der Waals surface area (Å²) >= 11 is 0. The van der Waals surface area contributed by atoms with Crippen molar-refractivity contribution < 1.29 is 0 Å². The Morgan fingerprint density at radius 2 is 2.25 bits per heavy atom. The lowest BCUT2D eigenvalue weighted by molar-refractivity contribution is 0.737. The van der Waals surface area contributed by atoms with Crippen molar-refractivity contribution in [3.8, 4) is 0 Å². The number of nitrogens with one attached hydrogen (secondary N) is 2. The summed E-state index contributed by atoms with van der Waals surface area (Å²) in [6, 6.07) is 0.718. The molecule has 8 heavy (non-hydrogen) atoms. The van der Waals surface area contributed by atoms with Crippen LogP contribution in [0.5, 0.6) is 0 Å². The van der Waals surface area contributed by atoms with Crippen LogP contribution in [0.4, 0.5) is 0 Å². The average Bonchev–Trinajstić information content (AvgIpc) is 2.50. The number of rotatable bonds is 3. The van der Waals surface area contributed by atoms with Crippen LogP contribution in [0.25, 0.3) is 0 Å². The first-order valence-electron chi connectivity index (χ1n) is 2.96. The van der Waals surface area contributed by atoms with E-state index < -0.39 is 0 Å². The van der Waals surface area contributed by atoms with Crippen molar-refractivity contribution in [2.24, 2.45) is 0 Å². The van der Waals surface area contributed by atoms with Crippen molar-refractivity contribution in [1.29, 1.82) is 0 Å². The van der Waals surface area contributed by atoms with Crippen LogP contribution >= 0.6 is 0 Å². The summed E-state index contributed by atoms with van der Waals surface area (Å²) in [7, 11) is 1.87. The van der Waals surface area contributed by atoms with E-state index in [4.69, 9.17) is 0 Å². The van der Waals surface area contributed by atoms with Gasteiger partial charge < -0.3 is 10.6 Å². The first-order chi connectivity index (χ1) is 3.83. The maximum absolute atomic E-state index is 3.73. The van der Waals surface area contributed by atoms with Gasteiger partial charge in [-0.1, -0.05) is 6.58 Å². The van der Waals surface area contributed by atoms with Crippen LogP contribution in [0, 0.1) is 0 Å². The summed E-state index contributed by atoms with van der Waals surface area (Å²) in [5.41, 5.74) is 0. The summed E-state index contributed by atoms with van der Waals surface area (Å²) in [5.74, 6) is 0.938. The van der Waals surface area contributed by atoms with Crippen molar-refractivity contribution in [2.75, 3.05) is 7.05 Å². The zero-order chi connectivity index (χ0) is 5.98. The molecule has 2 heteroatoms. The van der Waals surface area contributed by atoms with Crippen LogP contribution in [0.3, 0.4) is 0 Å². The molecule has 1 aliphatic rings. The smallest absolute Gasteiger partial charge is 0.0911 e. The normalized spacial score (nSPS) is 17.6. The summed E-state index contributed by atoms with van der Waals surface area (Å²) in [6.45, 7) is 3.73. The topological polar surface area (TPSA) is 24.1 Å². The van der Waals surface area contributed by atoms with E-state index in [9.17, 15) is 0 Å². The summed E-state index contributed by atoms with van der Waals surface area (Å²) in [5, 5.41) is 6.13. The van der Waals surface area contributed by atoms with Crippen molar-refractivity contribution in [1.82, 2.24) is 10.6 Å². The van der Waals surface area contributed by atoms with Crippen molar-refractivity contribution in [2.45, 2.75) is 18.9 Å². The van der Waals surface area contributed by atoms with Crippen molar-refractivity contribution >= 4 is 0 Å². The maximum atomic E-state index is 3.73. The average molecular weight is 112 g/mol. The Balaban J connectivity index is 2.07. The highest BCUT2D eigenvalue weighted by Gasteiger charge is 2.20. The maximum Gasteiger partial charge on any atom is 0.0911 e. The second-order valence-electron chi connectivity index (χ2n) is 2.15. The third-order valence-corrected chi connectivity index (χ3v) is 1.26. The Hall–Kier alpha value is -0.660. The number of hydrogen-bond acceptors (Lipinski definition) is 2. The monoisotopic (exact) mass is 112 g/mol. The van der Waals surface area contributed by atoms with Crippen molar-refractivity contribution in [3.63, 3.8) is 0 Å². The Morgan fingerprint density at radius 3 is 2.62 bits per heavy atom. The highest BCUT2D eigenvalue weighted by molar-refractivity contribution is 4.95. The molecule has 0 bridgehead atoms. The third kappa shape index (κ3) is 1.45. The molecular formula is C6H12N2. The summed E-state index contributed by atoms with van der Waals surface area (Å²) in [4.78, 5) is 0. The van der Waals surface area contributed by atoms with Gasteiger partial charge in [0.25, 0.3) is 0 Å². The molecule has 0 atom stereocenters. The van der Waals surface area contributed by atoms with E-state index in [0.29, 0.717) is 0 Å². The van der Waals surface area contributed by atoms with Gasteiger partial charge in [0, 0.05) is 13.1 Å². The molecule has 0 saturated heterocycles. The highest BCUT2D eigenvalue weighted by atomic mass is 15.1. The van der Waals surface area contributed by atoms with Gasteiger partial charge in [-0.15, -0.1) is 0 Å². The van der Waals surface area contributed by atoms with Gasteiger partial charge in [0.05, 0.1) is 5.82 Å². The lowest BCUT2D eigenvalue weighted by atomic mass is 10.6. The van der Waals surface area contributed by atoms with Crippen LogP contribution in [0.2, 0.25) is 0 Å². The largest absolute Gasteiger partial charge is 0.375 e. The summed E-state index contributed by atoms with van der Waals surface area (Å²) in [6.07, 6.45) is 2.61. The Morgan fingerprint density at radius 1 is 1.62 bits per heavy atom. The van der Waals surface area contributed by atoms with E-state index in [1.807, 2.05) is 7.05 Å².